The fourth-order valence-electron chi connectivity index (χ4n) is 4.64. The molecule has 0 aliphatic rings. The molecule has 0 saturated heterocycles. The fourth-order valence-corrected chi connectivity index (χ4v) is 5.13. The van der Waals surface area contributed by atoms with Gasteiger partial charge >= 0.3 is 5.97 Å². The Balaban J connectivity index is 1.58. The lowest BCUT2D eigenvalue weighted by atomic mass is 9.93. The summed E-state index contributed by atoms with van der Waals surface area (Å²) in [6.07, 6.45) is 1.44. The molecule has 0 spiro atoms. The molecule has 2 atom stereocenters. The number of sulfonamides is 1. The van der Waals surface area contributed by atoms with Gasteiger partial charge in [-0.25, -0.2) is 17.6 Å². The first-order valence-electron chi connectivity index (χ1n) is 14.3. The molecular formula is C35H38FN3O5S. The predicted octanol–water partition coefficient (Wildman–Crippen LogP) is 5.72. The lowest BCUT2D eigenvalue weighted by Gasteiger charge is -2.29. The molecule has 0 saturated carbocycles. The zero-order chi connectivity index (χ0) is 32.6. The van der Waals surface area contributed by atoms with Gasteiger partial charge in [-0.2, -0.15) is 0 Å². The molecule has 3 N–H and O–H groups in total. The van der Waals surface area contributed by atoms with Gasteiger partial charge in [0.2, 0.25) is 10.0 Å². The minimum absolute atomic E-state index is 0.0727. The van der Waals surface area contributed by atoms with Gasteiger partial charge in [0, 0.05) is 18.8 Å². The Bertz CT molecular complexity index is 1720. The zero-order valence-electron chi connectivity index (χ0n) is 25.6. The highest BCUT2D eigenvalue weighted by molar-refractivity contribution is 7.92. The highest BCUT2D eigenvalue weighted by Gasteiger charge is 2.30. The van der Waals surface area contributed by atoms with Crippen molar-refractivity contribution in [3.8, 4) is 5.75 Å². The van der Waals surface area contributed by atoms with Crippen LogP contribution in [0.25, 0.3) is 5.70 Å². The summed E-state index contributed by atoms with van der Waals surface area (Å²) in [5.41, 5.74) is 8.75. The second kappa shape index (κ2) is 14.4. The second-order valence-corrected chi connectivity index (χ2v) is 13.1. The van der Waals surface area contributed by atoms with Crippen LogP contribution in [0, 0.1) is 5.82 Å². The summed E-state index contributed by atoms with van der Waals surface area (Å²) >= 11 is 0. The fraction of sp³-hybridized carbons (Fsp3) is 0.229. The van der Waals surface area contributed by atoms with E-state index in [2.05, 4.69) is 11.9 Å². The third-order valence-electron chi connectivity index (χ3n) is 7.28. The average molecular weight is 632 g/mol. The Morgan fingerprint density at radius 2 is 1.56 bits per heavy atom. The molecule has 0 aliphatic carbocycles. The van der Waals surface area contributed by atoms with Crippen molar-refractivity contribution in [1.29, 1.82) is 0 Å². The SMILES string of the molecule is C=C(N[C@H](C)c1ccc(F)cc1)c1cc(C(=O)OCC(N)(COc2ccccc2)Cc2ccccc2)cc(N(C)S(C)(=O)=O)c1. The number of anilines is 1. The molecule has 4 aromatic rings. The number of benzene rings is 4. The third kappa shape index (κ3) is 9.41. The van der Waals surface area contributed by atoms with Crippen molar-refractivity contribution in [3.63, 3.8) is 0 Å². The van der Waals surface area contributed by atoms with Crippen LogP contribution in [0.1, 0.15) is 40.0 Å². The van der Waals surface area contributed by atoms with Crippen molar-refractivity contribution >= 4 is 27.4 Å². The van der Waals surface area contributed by atoms with E-state index in [0.29, 0.717) is 23.4 Å². The summed E-state index contributed by atoms with van der Waals surface area (Å²) in [7, 11) is -2.26. The average Bonchev–Trinajstić information content (AvgIpc) is 3.03. The molecule has 4 rings (SSSR count). The van der Waals surface area contributed by atoms with Gasteiger partial charge in [0.05, 0.1) is 23.0 Å². The Hall–Kier alpha value is -4.67. The maximum Gasteiger partial charge on any atom is 0.338 e. The Kier molecular flexibility index (Phi) is 10.6. The van der Waals surface area contributed by atoms with Gasteiger partial charge in [-0.15, -0.1) is 0 Å². The van der Waals surface area contributed by atoms with Crippen LogP contribution >= 0.6 is 0 Å². The maximum atomic E-state index is 13.5. The second-order valence-electron chi connectivity index (χ2n) is 11.1. The van der Waals surface area contributed by atoms with Crippen LogP contribution < -0.4 is 20.1 Å². The number of hydrogen-bond acceptors (Lipinski definition) is 7. The van der Waals surface area contributed by atoms with Crippen molar-refractivity contribution < 1.29 is 27.1 Å². The molecule has 236 valence electrons. The van der Waals surface area contributed by atoms with Gasteiger partial charge < -0.3 is 20.5 Å². The van der Waals surface area contributed by atoms with Crippen molar-refractivity contribution in [1.82, 2.24) is 5.32 Å². The molecule has 8 nitrogen and oxygen atoms in total. The lowest BCUT2D eigenvalue weighted by Crippen LogP contribution is -2.52. The van der Waals surface area contributed by atoms with Gasteiger partial charge in [-0.1, -0.05) is 67.2 Å². The van der Waals surface area contributed by atoms with Crippen molar-refractivity contribution in [2.24, 2.45) is 5.73 Å². The van der Waals surface area contributed by atoms with E-state index in [9.17, 15) is 17.6 Å². The van der Waals surface area contributed by atoms with Crippen LogP contribution in [-0.2, 0) is 21.2 Å². The summed E-state index contributed by atoms with van der Waals surface area (Å²) in [6, 6.07) is 29.2. The molecule has 0 bridgehead atoms. The number of carbonyl (C=O) groups is 1. The van der Waals surface area contributed by atoms with Crippen LogP contribution in [0.5, 0.6) is 5.75 Å². The molecule has 0 heterocycles. The summed E-state index contributed by atoms with van der Waals surface area (Å²) in [5, 5.41) is 3.25. The van der Waals surface area contributed by atoms with E-state index in [-0.39, 0.29) is 36.3 Å². The van der Waals surface area contributed by atoms with E-state index in [0.717, 1.165) is 21.7 Å². The molecule has 0 amide bonds. The first-order chi connectivity index (χ1) is 21.3. The summed E-state index contributed by atoms with van der Waals surface area (Å²) < 4.78 is 51.1. The van der Waals surface area contributed by atoms with Crippen molar-refractivity contribution in [2.75, 3.05) is 30.8 Å². The number of esters is 1. The minimum atomic E-state index is -3.66. The molecule has 10 heteroatoms. The van der Waals surface area contributed by atoms with E-state index in [1.54, 1.807) is 24.3 Å². The standard InChI is InChI=1S/C35H38FN3O5S/c1-25(28-15-17-31(36)18-16-28)38-26(2)29-19-30(21-32(20-29)39(3)45(4,41)42)34(40)44-24-35(37,22-27-11-7-5-8-12-27)23-43-33-13-9-6-10-14-33/h5-21,25,38H,2,22-24,37H2,1,3-4H3/t25-,35?/m1/s1. The number of rotatable bonds is 14. The van der Waals surface area contributed by atoms with Crippen LogP contribution in [0.3, 0.4) is 0 Å². The quantitative estimate of drug-likeness (QED) is 0.171. The summed E-state index contributed by atoms with van der Waals surface area (Å²) in [5.74, 6) is -0.405. The van der Waals surface area contributed by atoms with Gasteiger partial charge in [0.1, 0.15) is 24.8 Å². The van der Waals surface area contributed by atoms with Gasteiger partial charge in [0.25, 0.3) is 0 Å². The topological polar surface area (TPSA) is 111 Å². The number of carbonyl (C=O) groups excluding carboxylic acids is 1. The zero-order valence-corrected chi connectivity index (χ0v) is 26.4. The monoisotopic (exact) mass is 631 g/mol. The normalized spacial score (nSPS) is 13.3. The van der Waals surface area contributed by atoms with E-state index in [1.165, 1.54) is 25.2 Å². The number of halogens is 1. The predicted molar refractivity (Wildman–Crippen MR) is 176 cm³/mol. The molecule has 45 heavy (non-hydrogen) atoms. The van der Waals surface area contributed by atoms with Crippen molar-refractivity contribution in [2.45, 2.75) is 24.9 Å². The number of ether oxygens (including phenoxy) is 2. The highest BCUT2D eigenvalue weighted by atomic mass is 32.2. The van der Waals surface area contributed by atoms with E-state index in [1.807, 2.05) is 67.6 Å². The molecule has 1 unspecified atom stereocenters. The van der Waals surface area contributed by atoms with Gasteiger partial charge in [-0.05, 0) is 72.5 Å². The molecular weight excluding hydrogens is 593 g/mol. The Labute approximate surface area is 264 Å². The van der Waals surface area contributed by atoms with Crippen LogP contribution in [0.4, 0.5) is 10.1 Å². The first-order valence-corrected chi connectivity index (χ1v) is 16.2. The molecule has 0 aliphatic heterocycles. The van der Waals surface area contributed by atoms with E-state index >= 15 is 0 Å². The Morgan fingerprint density at radius 1 is 0.956 bits per heavy atom. The van der Waals surface area contributed by atoms with Gasteiger partial charge in [-0.3, -0.25) is 4.31 Å². The number of nitrogens with one attached hydrogen (secondary N) is 1. The third-order valence-corrected chi connectivity index (χ3v) is 8.49. The maximum absolute atomic E-state index is 13.5. The molecule has 0 fully saturated rings. The van der Waals surface area contributed by atoms with Crippen LogP contribution in [0.2, 0.25) is 0 Å². The smallest absolute Gasteiger partial charge is 0.338 e. The molecule has 0 aromatic heterocycles. The Morgan fingerprint density at radius 3 is 2.18 bits per heavy atom. The number of para-hydroxylation sites is 1. The number of nitrogens with two attached hydrogens (primary N) is 1. The van der Waals surface area contributed by atoms with E-state index < -0.39 is 21.5 Å². The largest absolute Gasteiger partial charge is 0.492 e. The summed E-state index contributed by atoms with van der Waals surface area (Å²) in [6.45, 7) is 5.90. The van der Waals surface area contributed by atoms with E-state index in [4.69, 9.17) is 15.2 Å². The molecule has 0 radical (unpaired) electrons. The van der Waals surface area contributed by atoms with Crippen molar-refractivity contribution in [3.05, 3.63) is 138 Å². The highest BCUT2D eigenvalue weighted by Crippen LogP contribution is 2.26. The summed E-state index contributed by atoms with van der Waals surface area (Å²) in [4.78, 5) is 13.5. The van der Waals surface area contributed by atoms with Crippen LogP contribution in [-0.4, -0.2) is 46.4 Å². The number of hydrogen-bond donors (Lipinski definition) is 2. The lowest BCUT2D eigenvalue weighted by molar-refractivity contribution is 0.0348. The molecule has 4 aromatic carbocycles. The minimum Gasteiger partial charge on any atom is -0.492 e. The van der Waals surface area contributed by atoms with Gasteiger partial charge in [0.15, 0.2) is 0 Å². The number of nitrogens with zero attached hydrogens (tertiary/aromatic N) is 1. The first kappa shape index (κ1) is 33.2. The van der Waals surface area contributed by atoms with Crippen LogP contribution in [0.15, 0.2) is 110 Å².